The molecule has 102 valence electrons. The fraction of sp³-hybridized carbons (Fsp3) is 0.538. The summed E-state index contributed by atoms with van der Waals surface area (Å²) in [7, 11) is -1.49. The third-order valence-electron chi connectivity index (χ3n) is 2.30. The number of benzene rings is 1. The van der Waals surface area contributed by atoms with E-state index in [1.807, 2.05) is 20.8 Å². The Balaban J connectivity index is 2.48. The van der Waals surface area contributed by atoms with Gasteiger partial charge in [-0.1, -0.05) is 0 Å². The van der Waals surface area contributed by atoms with Crippen LogP contribution in [0.15, 0.2) is 23.1 Å². The SMILES string of the molecule is CC(C)(C)NCCCS(=O)c1cc(F)ccc1F. The van der Waals surface area contributed by atoms with Gasteiger partial charge in [0.1, 0.15) is 11.6 Å². The normalized spacial score (nSPS) is 13.6. The summed E-state index contributed by atoms with van der Waals surface area (Å²) in [6.45, 7) is 6.81. The van der Waals surface area contributed by atoms with Crippen LogP contribution in [0.4, 0.5) is 8.78 Å². The minimum atomic E-state index is -1.49. The maximum atomic E-state index is 13.3. The Hall–Kier alpha value is -0.810. The molecule has 0 amide bonds. The molecular formula is C13H19F2NOS. The molecule has 0 fully saturated rings. The number of halogens is 2. The van der Waals surface area contributed by atoms with Crippen molar-refractivity contribution in [3.63, 3.8) is 0 Å². The van der Waals surface area contributed by atoms with Crippen LogP contribution in [0.3, 0.4) is 0 Å². The van der Waals surface area contributed by atoms with Crippen molar-refractivity contribution in [3.8, 4) is 0 Å². The zero-order valence-electron chi connectivity index (χ0n) is 10.9. The molecule has 1 atom stereocenters. The summed E-state index contributed by atoms with van der Waals surface area (Å²) in [4.78, 5) is -0.0502. The van der Waals surface area contributed by atoms with Gasteiger partial charge in [0, 0.05) is 11.3 Å². The molecule has 0 radical (unpaired) electrons. The largest absolute Gasteiger partial charge is 0.312 e. The van der Waals surface area contributed by atoms with Gasteiger partial charge in [-0.15, -0.1) is 0 Å². The van der Waals surface area contributed by atoms with E-state index in [2.05, 4.69) is 5.32 Å². The number of hydrogen-bond donors (Lipinski definition) is 1. The van der Waals surface area contributed by atoms with E-state index < -0.39 is 22.4 Å². The van der Waals surface area contributed by atoms with Crippen LogP contribution in [0.2, 0.25) is 0 Å². The summed E-state index contributed by atoms with van der Waals surface area (Å²) < 4.78 is 38.1. The van der Waals surface area contributed by atoms with Crippen molar-refractivity contribution in [1.29, 1.82) is 0 Å². The van der Waals surface area contributed by atoms with Gasteiger partial charge in [0.25, 0.3) is 0 Å². The van der Waals surface area contributed by atoms with Gasteiger partial charge >= 0.3 is 0 Å². The second kappa shape index (κ2) is 6.38. The molecule has 5 heteroatoms. The predicted octanol–water partition coefficient (Wildman–Crippen LogP) is 2.85. The van der Waals surface area contributed by atoms with Crippen molar-refractivity contribution in [1.82, 2.24) is 5.32 Å². The summed E-state index contributed by atoms with van der Waals surface area (Å²) in [5.74, 6) is -0.852. The highest BCUT2D eigenvalue weighted by Gasteiger charge is 2.12. The Morgan fingerprint density at radius 3 is 2.56 bits per heavy atom. The van der Waals surface area contributed by atoms with Crippen molar-refractivity contribution >= 4 is 10.8 Å². The fourth-order valence-corrected chi connectivity index (χ4v) is 2.58. The van der Waals surface area contributed by atoms with E-state index in [0.29, 0.717) is 18.7 Å². The van der Waals surface area contributed by atoms with Crippen LogP contribution in [0.5, 0.6) is 0 Å². The molecule has 2 nitrogen and oxygen atoms in total. The smallest absolute Gasteiger partial charge is 0.139 e. The van der Waals surface area contributed by atoms with Gasteiger partial charge in [-0.25, -0.2) is 8.78 Å². The first kappa shape index (κ1) is 15.2. The van der Waals surface area contributed by atoms with Crippen LogP contribution in [0.1, 0.15) is 27.2 Å². The van der Waals surface area contributed by atoms with Gasteiger partial charge in [-0.2, -0.15) is 0 Å². The summed E-state index contributed by atoms with van der Waals surface area (Å²) in [6.07, 6.45) is 0.653. The topological polar surface area (TPSA) is 29.1 Å². The Morgan fingerprint density at radius 2 is 1.94 bits per heavy atom. The molecule has 0 spiro atoms. The second-order valence-electron chi connectivity index (χ2n) is 5.15. The van der Waals surface area contributed by atoms with Crippen molar-refractivity contribution in [2.75, 3.05) is 12.3 Å². The number of rotatable bonds is 5. The first-order valence-corrected chi connectivity index (χ1v) is 7.20. The third kappa shape index (κ3) is 5.23. The number of nitrogens with one attached hydrogen (secondary N) is 1. The van der Waals surface area contributed by atoms with Crippen LogP contribution < -0.4 is 5.32 Å². The first-order chi connectivity index (χ1) is 8.29. The lowest BCUT2D eigenvalue weighted by Gasteiger charge is -2.20. The summed E-state index contributed by atoms with van der Waals surface area (Å²) >= 11 is 0. The molecule has 0 heterocycles. The molecular weight excluding hydrogens is 256 g/mol. The third-order valence-corrected chi connectivity index (χ3v) is 3.76. The first-order valence-electron chi connectivity index (χ1n) is 5.88. The standard InChI is InChI=1S/C13H19F2NOS/c1-13(2,3)16-7-4-8-18(17)12-9-10(14)5-6-11(12)15/h5-6,9,16H,4,7-8H2,1-3H3. The van der Waals surface area contributed by atoms with E-state index >= 15 is 0 Å². The molecule has 1 aromatic carbocycles. The van der Waals surface area contributed by atoms with Gasteiger partial charge in [0.15, 0.2) is 0 Å². The van der Waals surface area contributed by atoms with Crippen LogP contribution in [-0.4, -0.2) is 22.0 Å². The predicted molar refractivity (Wildman–Crippen MR) is 70.0 cm³/mol. The Kier molecular flexibility index (Phi) is 5.41. The van der Waals surface area contributed by atoms with Gasteiger partial charge in [0.2, 0.25) is 0 Å². The molecule has 0 aliphatic rings. The van der Waals surface area contributed by atoms with E-state index in [1.54, 1.807) is 0 Å². The van der Waals surface area contributed by atoms with Crippen LogP contribution >= 0.6 is 0 Å². The highest BCUT2D eigenvalue weighted by atomic mass is 32.2. The highest BCUT2D eigenvalue weighted by Crippen LogP contribution is 2.14. The molecule has 0 saturated heterocycles. The minimum absolute atomic E-state index is 0.00555. The number of hydrogen-bond acceptors (Lipinski definition) is 2. The molecule has 1 aromatic rings. The average Bonchev–Trinajstić information content (AvgIpc) is 2.26. The summed E-state index contributed by atoms with van der Waals surface area (Å²) in [6, 6.07) is 3.04. The Morgan fingerprint density at radius 1 is 1.28 bits per heavy atom. The van der Waals surface area contributed by atoms with Crippen LogP contribution in [-0.2, 0) is 10.8 Å². The molecule has 1 N–H and O–H groups in total. The Labute approximate surface area is 109 Å². The highest BCUT2D eigenvalue weighted by molar-refractivity contribution is 7.85. The van der Waals surface area contributed by atoms with Crippen molar-refractivity contribution in [2.24, 2.45) is 0 Å². The van der Waals surface area contributed by atoms with E-state index in [9.17, 15) is 13.0 Å². The Bertz CT molecular complexity index is 429. The fourth-order valence-electron chi connectivity index (χ4n) is 1.43. The molecule has 0 bridgehead atoms. The summed E-state index contributed by atoms with van der Waals surface area (Å²) in [5, 5.41) is 3.25. The zero-order valence-corrected chi connectivity index (χ0v) is 11.7. The minimum Gasteiger partial charge on any atom is -0.312 e. The zero-order chi connectivity index (χ0) is 13.8. The molecule has 0 saturated carbocycles. The molecule has 0 aromatic heterocycles. The van der Waals surface area contributed by atoms with Gasteiger partial charge in [-0.3, -0.25) is 4.21 Å². The average molecular weight is 275 g/mol. The molecule has 1 unspecified atom stereocenters. The van der Waals surface area contributed by atoms with E-state index in [4.69, 9.17) is 0 Å². The molecule has 0 aliphatic heterocycles. The molecule has 0 aliphatic carbocycles. The monoisotopic (exact) mass is 275 g/mol. The van der Waals surface area contributed by atoms with E-state index in [1.165, 1.54) is 0 Å². The van der Waals surface area contributed by atoms with Gasteiger partial charge in [-0.05, 0) is 51.9 Å². The van der Waals surface area contributed by atoms with Gasteiger partial charge < -0.3 is 5.32 Å². The molecule has 1 rings (SSSR count). The van der Waals surface area contributed by atoms with Crippen molar-refractivity contribution in [2.45, 2.75) is 37.6 Å². The maximum absolute atomic E-state index is 13.3. The quantitative estimate of drug-likeness (QED) is 0.837. The van der Waals surface area contributed by atoms with E-state index in [0.717, 1.165) is 18.2 Å². The van der Waals surface area contributed by atoms with Gasteiger partial charge in [0.05, 0.1) is 15.7 Å². The summed E-state index contributed by atoms with van der Waals surface area (Å²) in [5.41, 5.74) is 0.00555. The lowest BCUT2D eigenvalue weighted by Crippen LogP contribution is -2.36. The van der Waals surface area contributed by atoms with Crippen LogP contribution in [0, 0.1) is 11.6 Å². The lowest BCUT2D eigenvalue weighted by atomic mass is 10.1. The van der Waals surface area contributed by atoms with E-state index in [-0.39, 0.29) is 10.4 Å². The van der Waals surface area contributed by atoms with Crippen LogP contribution in [0.25, 0.3) is 0 Å². The lowest BCUT2D eigenvalue weighted by molar-refractivity contribution is 0.427. The maximum Gasteiger partial charge on any atom is 0.139 e. The second-order valence-corrected chi connectivity index (χ2v) is 6.69. The van der Waals surface area contributed by atoms with Crippen molar-refractivity contribution < 1.29 is 13.0 Å². The molecule has 18 heavy (non-hydrogen) atoms. The van der Waals surface area contributed by atoms with Crippen molar-refractivity contribution in [3.05, 3.63) is 29.8 Å².